The largest absolute Gasteiger partial charge is 0.508 e. The van der Waals surface area contributed by atoms with Gasteiger partial charge in [-0.15, -0.1) is 0 Å². The Balaban J connectivity index is 2.04. The molecule has 3 heteroatoms. The Hall–Kier alpha value is -2.26. The molecule has 0 saturated heterocycles. The Morgan fingerprint density at radius 1 is 1.05 bits per heavy atom. The van der Waals surface area contributed by atoms with Gasteiger partial charge in [0.05, 0.1) is 0 Å². The van der Waals surface area contributed by atoms with Crippen LogP contribution in [0.25, 0.3) is 10.9 Å². The molecule has 2 aromatic carbocycles. The molecule has 0 atom stereocenters. The van der Waals surface area contributed by atoms with E-state index in [0.717, 1.165) is 13.1 Å². The number of nitrogens with zero attached hydrogens (tertiary/aromatic N) is 1. The third kappa shape index (κ3) is 2.40. The smallest absolute Gasteiger partial charge is 0.115 e. The highest BCUT2D eigenvalue weighted by Gasteiger charge is 2.08. The van der Waals surface area contributed by atoms with Gasteiger partial charge in [-0.3, -0.25) is 0 Å². The molecular weight excluding hydrogens is 248 g/mol. The van der Waals surface area contributed by atoms with Crippen LogP contribution < -0.4 is 5.32 Å². The molecule has 0 aliphatic carbocycles. The van der Waals surface area contributed by atoms with E-state index in [9.17, 15) is 5.11 Å². The lowest BCUT2D eigenvalue weighted by Gasteiger charge is -2.11. The lowest BCUT2D eigenvalue weighted by Crippen LogP contribution is -2.11. The summed E-state index contributed by atoms with van der Waals surface area (Å²) < 4.78 is 2.32. The van der Waals surface area contributed by atoms with Crippen LogP contribution in [-0.4, -0.2) is 16.7 Å². The van der Waals surface area contributed by atoms with Gasteiger partial charge in [0, 0.05) is 24.3 Å². The number of phenols is 1. The van der Waals surface area contributed by atoms with Gasteiger partial charge in [0.25, 0.3) is 0 Å². The highest BCUT2D eigenvalue weighted by molar-refractivity contribution is 5.81. The average molecular weight is 266 g/mol. The third-order valence-electron chi connectivity index (χ3n) is 3.53. The molecule has 0 spiro atoms. The van der Waals surface area contributed by atoms with E-state index in [1.165, 1.54) is 22.2 Å². The Bertz CT molecular complexity index is 713. The first-order valence-electron chi connectivity index (χ1n) is 6.77. The number of hydrogen-bond donors (Lipinski definition) is 2. The van der Waals surface area contributed by atoms with Crippen LogP contribution in [-0.2, 0) is 13.1 Å². The van der Waals surface area contributed by atoms with Crippen LogP contribution in [0.3, 0.4) is 0 Å². The summed E-state index contributed by atoms with van der Waals surface area (Å²) in [7, 11) is 1.96. The predicted octanol–water partition coefficient (Wildman–Crippen LogP) is 3.11. The Morgan fingerprint density at radius 3 is 2.55 bits per heavy atom. The number of hydrogen-bond acceptors (Lipinski definition) is 2. The molecule has 0 fully saturated rings. The highest BCUT2D eigenvalue weighted by atomic mass is 16.3. The SMILES string of the molecule is CNCc1cc2ccccc2n1Cc1ccc(O)cc1. The van der Waals surface area contributed by atoms with E-state index in [4.69, 9.17) is 0 Å². The van der Waals surface area contributed by atoms with Crippen LogP contribution in [0.15, 0.2) is 54.6 Å². The van der Waals surface area contributed by atoms with Crippen molar-refractivity contribution in [3.05, 3.63) is 65.9 Å². The van der Waals surface area contributed by atoms with Gasteiger partial charge in [-0.05, 0) is 42.3 Å². The van der Waals surface area contributed by atoms with Gasteiger partial charge in [-0.25, -0.2) is 0 Å². The fourth-order valence-corrected chi connectivity index (χ4v) is 2.57. The molecule has 0 bridgehead atoms. The number of rotatable bonds is 4. The molecule has 0 radical (unpaired) electrons. The number of benzene rings is 2. The van der Waals surface area contributed by atoms with Gasteiger partial charge < -0.3 is 15.0 Å². The van der Waals surface area contributed by atoms with Crippen LogP contribution in [0.2, 0.25) is 0 Å². The van der Waals surface area contributed by atoms with Crippen molar-refractivity contribution >= 4 is 10.9 Å². The predicted molar refractivity (Wildman–Crippen MR) is 81.9 cm³/mol. The Morgan fingerprint density at radius 2 is 1.80 bits per heavy atom. The standard InChI is InChI=1S/C17H18N2O/c1-18-11-15-10-14-4-2-3-5-17(14)19(15)12-13-6-8-16(20)9-7-13/h2-10,18,20H,11-12H2,1H3. The van der Waals surface area contributed by atoms with E-state index in [0.29, 0.717) is 5.75 Å². The molecule has 102 valence electrons. The normalized spacial score (nSPS) is 11.1. The number of para-hydroxylation sites is 1. The molecule has 0 unspecified atom stereocenters. The van der Waals surface area contributed by atoms with E-state index >= 15 is 0 Å². The number of fused-ring (bicyclic) bond motifs is 1. The first kappa shape index (κ1) is 12.8. The van der Waals surface area contributed by atoms with Gasteiger partial charge in [-0.1, -0.05) is 30.3 Å². The Kier molecular flexibility index (Phi) is 3.44. The lowest BCUT2D eigenvalue weighted by atomic mass is 10.2. The molecule has 1 heterocycles. The van der Waals surface area contributed by atoms with E-state index in [1.54, 1.807) is 12.1 Å². The first-order valence-corrected chi connectivity index (χ1v) is 6.77. The van der Waals surface area contributed by atoms with Gasteiger partial charge in [0.2, 0.25) is 0 Å². The number of aromatic hydroxyl groups is 1. The molecular formula is C17H18N2O. The molecule has 1 aromatic heterocycles. The van der Waals surface area contributed by atoms with E-state index in [-0.39, 0.29) is 0 Å². The monoisotopic (exact) mass is 266 g/mol. The van der Waals surface area contributed by atoms with Crippen molar-refractivity contribution in [1.82, 2.24) is 9.88 Å². The van der Waals surface area contributed by atoms with Gasteiger partial charge in [0.15, 0.2) is 0 Å². The van der Waals surface area contributed by atoms with Crippen molar-refractivity contribution in [1.29, 1.82) is 0 Å². The van der Waals surface area contributed by atoms with E-state index in [2.05, 4.69) is 40.2 Å². The minimum atomic E-state index is 0.307. The second-order valence-electron chi connectivity index (χ2n) is 4.98. The highest BCUT2D eigenvalue weighted by Crippen LogP contribution is 2.22. The second-order valence-corrected chi connectivity index (χ2v) is 4.98. The van der Waals surface area contributed by atoms with Crippen LogP contribution in [0.4, 0.5) is 0 Å². The van der Waals surface area contributed by atoms with Crippen molar-refractivity contribution in [3.63, 3.8) is 0 Å². The van der Waals surface area contributed by atoms with Gasteiger partial charge in [0.1, 0.15) is 5.75 Å². The summed E-state index contributed by atoms with van der Waals surface area (Å²) in [4.78, 5) is 0. The van der Waals surface area contributed by atoms with Crippen LogP contribution >= 0.6 is 0 Å². The fourth-order valence-electron chi connectivity index (χ4n) is 2.57. The summed E-state index contributed by atoms with van der Waals surface area (Å²) in [6.07, 6.45) is 0. The zero-order valence-electron chi connectivity index (χ0n) is 11.5. The molecule has 3 nitrogen and oxygen atoms in total. The van der Waals surface area contributed by atoms with Crippen molar-refractivity contribution in [2.45, 2.75) is 13.1 Å². The van der Waals surface area contributed by atoms with Crippen molar-refractivity contribution in [2.24, 2.45) is 0 Å². The van der Waals surface area contributed by atoms with Gasteiger partial charge >= 0.3 is 0 Å². The quantitative estimate of drug-likeness (QED) is 0.761. The molecule has 0 amide bonds. The number of aromatic nitrogens is 1. The zero-order valence-corrected chi connectivity index (χ0v) is 11.5. The summed E-state index contributed by atoms with van der Waals surface area (Å²) >= 11 is 0. The summed E-state index contributed by atoms with van der Waals surface area (Å²) in [6.45, 7) is 1.65. The van der Waals surface area contributed by atoms with Gasteiger partial charge in [-0.2, -0.15) is 0 Å². The topological polar surface area (TPSA) is 37.2 Å². The second kappa shape index (κ2) is 5.39. The van der Waals surface area contributed by atoms with Crippen molar-refractivity contribution in [2.75, 3.05) is 7.05 Å². The molecule has 2 N–H and O–H groups in total. The lowest BCUT2D eigenvalue weighted by molar-refractivity contribution is 0.475. The number of phenolic OH excluding ortho intramolecular Hbond substituents is 1. The summed E-state index contributed by atoms with van der Waals surface area (Å²) in [6, 6.07) is 18.1. The minimum absolute atomic E-state index is 0.307. The van der Waals surface area contributed by atoms with E-state index < -0.39 is 0 Å². The van der Waals surface area contributed by atoms with Crippen molar-refractivity contribution < 1.29 is 5.11 Å². The molecule has 0 saturated carbocycles. The zero-order chi connectivity index (χ0) is 13.9. The fraction of sp³-hybridized carbons (Fsp3) is 0.176. The third-order valence-corrected chi connectivity index (χ3v) is 3.53. The van der Waals surface area contributed by atoms with Crippen LogP contribution in [0, 0.1) is 0 Å². The van der Waals surface area contributed by atoms with Crippen LogP contribution in [0.5, 0.6) is 5.75 Å². The Labute approximate surface area is 118 Å². The maximum Gasteiger partial charge on any atom is 0.115 e. The first-order chi connectivity index (χ1) is 9.78. The minimum Gasteiger partial charge on any atom is -0.508 e. The maximum atomic E-state index is 9.38. The average Bonchev–Trinajstić information content (AvgIpc) is 2.80. The molecule has 20 heavy (non-hydrogen) atoms. The summed E-state index contributed by atoms with van der Waals surface area (Å²) in [5, 5.41) is 13.9. The summed E-state index contributed by atoms with van der Waals surface area (Å²) in [5.41, 5.74) is 3.69. The molecule has 3 rings (SSSR count). The molecule has 0 aliphatic heterocycles. The summed E-state index contributed by atoms with van der Waals surface area (Å²) in [5.74, 6) is 0.307. The molecule has 3 aromatic rings. The van der Waals surface area contributed by atoms with E-state index in [1.807, 2.05) is 19.2 Å². The van der Waals surface area contributed by atoms with Crippen LogP contribution in [0.1, 0.15) is 11.3 Å². The maximum absolute atomic E-state index is 9.38. The van der Waals surface area contributed by atoms with Crippen molar-refractivity contribution in [3.8, 4) is 5.75 Å². The molecule has 0 aliphatic rings. The number of nitrogens with one attached hydrogen (secondary N) is 1.